The molecule has 0 unspecified atom stereocenters. The highest BCUT2D eigenvalue weighted by molar-refractivity contribution is 6.31. The molecule has 0 aliphatic rings. The van der Waals surface area contributed by atoms with Gasteiger partial charge in [0.15, 0.2) is 0 Å². The van der Waals surface area contributed by atoms with Crippen molar-refractivity contribution in [2.45, 2.75) is 13.3 Å². The van der Waals surface area contributed by atoms with Crippen LogP contribution in [-0.2, 0) is 6.42 Å². The molecule has 4 nitrogen and oxygen atoms in total. The van der Waals surface area contributed by atoms with Gasteiger partial charge in [0.2, 0.25) is 0 Å². The highest BCUT2D eigenvalue weighted by atomic mass is 35.5. The molecule has 2 rings (SSSR count). The fourth-order valence-corrected chi connectivity index (χ4v) is 1.89. The molecule has 0 atom stereocenters. The maximum Gasteiger partial charge on any atom is 0.341 e. The zero-order valence-electron chi connectivity index (χ0n) is 10.3. The quantitative estimate of drug-likeness (QED) is 0.924. The molecule has 0 radical (unpaired) electrons. The molecule has 0 aliphatic heterocycles. The van der Waals surface area contributed by atoms with Crippen LogP contribution < -0.4 is 4.74 Å². The van der Waals surface area contributed by atoms with Crippen LogP contribution in [0.5, 0.6) is 11.5 Å². The molecule has 19 heavy (non-hydrogen) atoms. The maximum atomic E-state index is 11.0. The summed E-state index contributed by atoms with van der Waals surface area (Å²) in [6.45, 7) is 1.99. The number of rotatable bonds is 4. The Hall–Kier alpha value is -2.07. The summed E-state index contributed by atoms with van der Waals surface area (Å²) in [6.07, 6.45) is 3.52. The predicted molar refractivity (Wildman–Crippen MR) is 72.1 cm³/mol. The Bertz CT molecular complexity index is 613. The number of hydrogen-bond donors (Lipinski definition) is 1. The molecule has 1 aromatic carbocycles. The minimum atomic E-state index is -1.08. The molecule has 98 valence electrons. The summed E-state index contributed by atoms with van der Waals surface area (Å²) < 4.78 is 5.59. The number of carboxylic acids is 1. The number of aryl methyl sites for hydroxylation is 1. The van der Waals surface area contributed by atoms with Crippen molar-refractivity contribution < 1.29 is 14.6 Å². The first-order valence-electron chi connectivity index (χ1n) is 5.75. The molecule has 5 heteroatoms. The van der Waals surface area contributed by atoms with Crippen molar-refractivity contribution in [3.8, 4) is 11.5 Å². The van der Waals surface area contributed by atoms with Gasteiger partial charge >= 0.3 is 5.97 Å². The first-order valence-corrected chi connectivity index (χ1v) is 6.13. The molecule has 2 aromatic rings. The van der Waals surface area contributed by atoms with E-state index in [9.17, 15) is 4.79 Å². The molecular formula is C14H12ClNO3. The molecule has 1 heterocycles. The summed E-state index contributed by atoms with van der Waals surface area (Å²) in [5, 5.41) is 9.72. The SMILES string of the molecule is CCc1cc(Oc2ccncc2C(=O)O)ccc1Cl. The molecule has 0 bridgehead atoms. The first kappa shape index (κ1) is 13.4. The molecule has 0 saturated heterocycles. The van der Waals surface area contributed by atoms with Crippen LogP contribution in [0.15, 0.2) is 36.7 Å². The number of benzene rings is 1. The maximum absolute atomic E-state index is 11.0. The van der Waals surface area contributed by atoms with Crippen LogP contribution in [0.3, 0.4) is 0 Å². The average molecular weight is 278 g/mol. The summed E-state index contributed by atoms with van der Waals surface area (Å²) in [5.74, 6) is -0.269. The lowest BCUT2D eigenvalue weighted by Gasteiger charge is -2.10. The van der Waals surface area contributed by atoms with Gasteiger partial charge in [0.05, 0.1) is 0 Å². The Balaban J connectivity index is 2.34. The normalized spacial score (nSPS) is 10.2. The van der Waals surface area contributed by atoms with Gasteiger partial charge in [-0.2, -0.15) is 0 Å². The minimum absolute atomic E-state index is 0.0236. The van der Waals surface area contributed by atoms with Gasteiger partial charge in [-0.25, -0.2) is 4.79 Å². The predicted octanol–water partition coefficient (Wildman–Crippen LogP) is 3.79. The number of hydrogen-bond acceptors (Lipinski definition) is 3. The Morgan fingerprint density at radius 3 is 2.89 bits per heavy atom. The minimum Gasteiger partial charge on any atom is -0.477 e. The van der Waals surface area contributed by atoms with E-state index in [0.717, 1.165) is 12.0 Å². The number of aromatic nitrogens is 1. The highest BCUT2D eigenvalue weighted by Gasteiger charge is 2.12. The number of halogens is 1. The lowest BCUT2D eigenvalue weighted by atomic mass is 10.1. The molecule has 0 amide bonds. The third kappa shape index (κ3) is 3.03. The Labute approximate surface area is 115 Å². The number of ether oxygens (including phenoxy) is 1. The largest absolute Gasteiger partial charge is 0.477 e. The highest BCUT2D eigenvalue weighted by Crippen LogP contribution is 2.28. The number of aromatic carboxylic acids is 1. The van der Waals surface area contributed by atoms with Crippen molar-refractivity contribution in [1.82, 2.24) is 4.98 Å². The van der Waals surface area contributed by atoms with Crippen LogP contribution in [0, 0.1) is 0 Å². The second kappa shape index (κ2) is 5.71. The van der Waals surface area contributed by atoms with Crippen LogP contribution in [0.1, 0.15) is 22.8 Å². The molecule has 0 spiro atoms. The van der Waals surface area contributed by atoms with Crippen molar-refractivity contribution in [2.75, 3.05) is 0 Å². The number of pyridine rings is 1. The van der Waals surface area contributed by atoms with E-state index in [2.05, 4.69) is 4.98 Å². The Kier molecular flexibility index (Phi) is 4.02. The Morgan fingerprint density at radius 2 is 2.21 bits per heavy atom. The van der Waals surface area contributed by atoms with Crippen LogP contribution in [0.4, 0.5) is 0 Å². The van der Waals surface area contributed by atoms with Gasteiger partial charge in [0, 0.05) is 23.5 Å². The van der Waals surface area contributed by atoms with E-state index in [-0.39, 0.29) is 11.3 Å². The number of nitrogens with zero attached hydrogens (tertiary/aromatic N) is 1. The monoisotopic (exact) mass is 277 g/mol. The van der Waals surface area contributed by atoms with Crippen molar-refractivity contribution in [1.29, 1.82) is 0 Å². The van der Waals surface area contributed by atoms with E-state index in [1.807, 2.05) is 6.92 Å². The summed E-state index contributed by atoms with van der Waals surface area (Å²) in [7, 11) is 0. The third-order valence-corrected chi connectivity index (χ3v) is 3.01. The molecule has 0 fully saturated rings. The summed E-state index contributed by atoms with van der Waals surface area (Å²) in [5.41, 5.74) is 0.973. The van der Waals surface area contributed by atoms with Crippen molar-refractivity contribution in [3.05, 3.63) is 52.8 Å². The van der Waals surface area contributed by atoms with Gasteiger partial charge in [0.25, 0.3) is 0 Å². The molecule has 1 aromatic heterocycles. The average Bonchev–Trinajstić information content (AvgIpc) is 2.41. The second-order valence-corrected chi connectivity index (χ2v) is 4.29. The fourth-order valence-electron chi connectivity index (χ4n) is 1.64. The van der Waals surface area contributed by atoms with E-state index in [1.54, 1.807) is 18.2 Å². The van der Waals surface area contributed by atoms with Crippen LogP contribution in [0.2, 0.25) is 5.02 Å². The van der Waals surface area contributed by atoms with Crippen molar-refractivity contribution >= 4 is 17.6 Å². The standard InChI is InChI=1S/C14H12ClNO3/c1-2-9-7-10(3-4-12(9)15)19-13-5-6-16-8-11(13)14(17)18/h3-8H,2H2,1H3,(H,17,18). The lowest BCUT2D eigenvalue weighted by Crippen LogP contribution is -2.00. The topological polar surface area (TPSA) is 59.4 Å². The summed E-state index contributed by atoms with van der Waals surface area (Å²) in [4.78, 5) is 14.8. The number of carbonyl (C=O) groups is 1. The van der Waals surface area contributed by atoms with Crippen LogP contribution in [-0.4, -0.2) is 16.1 Å². The van der Waals surface area contributed by atoms with Gasteiger partial charge in [-0.15, -0.1) is 0 Å². The number of carboxylic acid groups (broad SMARTS) is 1. The van der Waals surface area contributed by atoms with Gasteiger partial charge in [-0.05, 0) is 30.2 Å². The van der Waals surface area contributed by atoms with Gasteiger partial charge in [0.1, 0.15) is 17.1 Å². The molecular weight excluding hydrogens is 266 g/mol. The van der Waals surface area contributed by atoms with E-state index < -0.39 is 5.97 Å². The zero-order chi connectivity index (χ0) is 13.8. The van der Waals surface area contributed by atoms with E-state index in [4.69, 9.17) is 21.4 Å². The molecule has 0 saturated carbocycles. The summed E-state index contributed by atoms with van der Waals surface area (Å²) in [6, 6.07) is 6.75. The summed E-state index contributed by atoms with van der Waals surface area (Å²) >= 11 is 6.02. The third-order valence-electron chi connectivity index (χ3n) is 2.64. The van der Waals surface area contributed by atoms with E-state index in [0.29, 0.717) is 10.8 Å². The zero-order valence-corrected chi connectivity index (χ0v) is 11.0. The lowest BCUT2D eigenvalue weighted by molar-refractivity contribution is 0.0693. The van der Waals surface area contributed by atoms with Gasteiger partial charge in [-0.3, -0.25) is 4.98 Å². The van der Waals surface area contributed by atoms with Crippen molar-refractivity contribution in [3.63, 3.8) is 0 Å². The van der Waals surface area contributed by atoms with Crippen LogP contribution >= 0.6 is 11.6 Å². The first-order chi connectivity index (χ1) is 9.11. The molecule has 0 aliphatic carbocycles. The smallest absolute Gasteiger partial charge is 0.341 e. The van der Waals surface area contributed by atoms with E-state index in [1.165, 1.54) is 18.5 Å². The van der Waals surface area contributed by atoms with Gasteiger partial charge < -0.3 is 9.84 Å². The van der Waals surface area contributed by atoms with Crippen LogP contribution in [0.25, 0.3) is 0 Å². The van der Waals surface area contributed by atoms with E-state index >= 15 is 0 Å². The van der Waals surface area contributed by atoms with Crippen molar-refractivity contribution in [2.24, 2.45) is 0 Å². The Morgan fingerprint density at radius 1 is 1.42 bits per heavy atom. The molecule has 1 N–H and O–H groups in total. The van der Waals surface area contributed by atoms with Gasteiger partial charge in [-0.1, -0.05) is 18.5 Å². The second-order valence-electron chi connectivity index (χ2n) is 3.89. The fraction of sp³-hybridized carbons (Fsp3) is 0.143.